The lowest BCUT2D eigenvalue weighted by Crippen LogP contribution is -2.51. The lowest BCUT2D eigenvalue weighted by molar-refractivity contribution is -0.121. The van der Waals surface area contributed by atoms with Gasteiger partial charge in [0.2, 0.25) is 5.91 Å². The first-order chi connectivity index (χ1) is 20.8. The SMILES string of the molecule is Cc1ccc2c(c1)C=CC1N2C(C(=O)c2ccccc2)C(C(=O)c2ccc(CC(C)C)cc2)C12C(=O)Nc1ccccc12. The van der Waals surface area contributed by atoms with E-state index >= 15 is 0 Å². The summed E-state index contributed by atoms with van der Waals surface area (Å²) in [4.78, 5) is 46.2. The summed E-state index contributed by atoms with van der Waals surface area (Å²) in [5.74, 6) is -1.11. The molecule has 0 aromatic heterocycles. The van der Waals surface area contributed by atoms with E-state index in [9.17, 15) is 14.4 Å². The summed E-state index contributed by atoms with van der Waals surface area (Å²) in [5.41, 5.74) is 5.23. The van der Waals surface area contributed by atoms with E-state index in [-0.39, 0.29) is 17.5 Å². The summed E-state index contributed by atoms with van der Waals surface area (Å²) in [6.07, 6.45) is 4.97. The maximum absolute atomic E-state index is 15.0. The van der Waals surface area contributed by atoms with Crippen molar-refractivity contribution >= 4 is 34.9 Å². The van der Waals surface area contributed by atoms with E-state index in [0.29, 0.717) is 22.7 Å². The number of amides is 1. The number of anilines is 2. The van der Waals surface area contributed by atoms with Crippen molar-refractivity contribution in [3.8, 4) is 0 Å². The molecule has 1 fully saturated rings. The number of para-hydroxylation sites is 1. The van der Waals surface area contributed by atoms with Gasteiger partial charge in [0.05, 0.1) is 12.0 Å². The standard InChI is InChI=1S/C38H34N2O3/c1-23(2)21-25-14-16-27(17-15-25)35(41)33-34(36(42)26-9-5-4-6-10-26)40-31-19-13-24(3)22-28(31)18-20-32(40)38(33)29-11-7-8-12-30(29)39-37(38)43/h4-20,22-23,32-34H,21H2,1-3H3,(H,39,43). The second-order valence-electron chi connectivity index (χ2n) is 12.5. The molecule has 0 bridgehead atoms. The topological polar surface area (TPSA) is 66.5 Å². The smallest absolute Gasteiger partial charge is 0.238 e. The van der Waals surface area contributed by atoms with Gasteiger partial charge in [0.25, 0.3) is 0 Å². The molecule has 214 valence electrons. The first-order valence-corrected chi connectivity index (χ1v) is 15.0. The Morgan fingerprint density at radius 2 is 1.56 bits per heavy atom. The van der Waals surface area contributed by atoms with Crippen LogP contribution in [0.4, 0.5) is 11.4 Å². The zero-order chi connectivity index (χ0) is 29.9. The predicted molar refractivity (Wildman–Crippen MR) is 171 cm³/mol. The third-order valence-corrected chi connectivity index (χ3v) is 9.28. The number of nitrogens with zero attached hydrogens (tertiary/aromatic N) is 1. The fraction of sp³-hybridized carbons (Fsp3) is 0.237. The zero-order valence-corrected chi connectivity index (χ0v) is 24.6. The molecular weight excluding hydrogens is 532 g/mol. The third-order valence-electron chi connectivity index (χ3n) is 9.28. The molecule has 3 aliphatic heterocycles. The van der Waals surface area contributed by atoms with Gasteiger partial charge < -0.3 is 10.2 Å². The number of rotatable bonds is 6. The fourth-order valence-corrected chi connectivity index (χ4v) is 7.53. The molecular formula is C38H34N2O3. The van der Waals surface area contributed by atoms with Gasteiger partial charge in [-0.2, -0.15) is 0 Å². The number of hydrogen-bond acceptors (Lipinski definition) is 4. The molecule has 0 saturated carbocycles. The fourth-order valence-electron chi connectivity index (χ4n) is 7.53. The number of carbonyl (C=O) groups is 3. The van der Waals surface area contributed by atoms with Crippen molar-refractivity contribution < 1.29 is 14.4 Å². The Morgan fingerprint density at radius 1 is 0.860 bits per heavy atom. The monoisotopic (exact) mass is 566 g/mol. The third kappa shape index (κ3) is 4.09. The van der Waals surface area contributed by atoms with Gasteiger partial charge in [-0.25, -0.2) is 0 Å². The molecule has 4 unspecified atom stereocenters. The maximum atomic E-state index is 15.0. The number of benzene rings is 4. The maximum Gasteiger partial charge on any atom is 0.238 e. The number of hydrogen-bond donors (Lipinski definition) is 1. The second-order valence-corrected chi connectivity index (χ2v) is 12.5. The first-order valence-electron chi connectivity index (χ1n) is 15.0. The van der Waals surface area contributed by atoms with Crippen molar-refractivity contribution in [3.05, 3.63) is 137 Å². The minimum atomic E-state index is -1.31. The van der Waals surface area contributed by atoms with Crippen LogP contribution in [0.5, 0.6) is 0 Å². The van der Waals surface area contributed by atoms with Gasteiger partial charge in [0.1, 0.15) is 11.5 Å². The highest BCUT2D eigenvalue weighted by atomic mass is 16.2. The van der Waals surface area contributed by atoms with Gasteiger partial charge in [-0.3, -0.25) is 14.4 Å². The normalized spacial score (nSPS) is 23.2. The molecule has 1 spiro atoms. The second kappa shape index (κ2) is 10.2. The molecule has 1 saturated heterocycles. The molecule has 3 heterocycles. The summed E-state index contributed by atoms with van der Waals surface area (Å²) in [7, 11) is 0. The first kappa shape index (κ1) is 27.1. The quantitative estimate of drug-likeness (QED) is 0.254. The molecule has 4 aromatic carbocycles. The molecule has 4 aromatic rings. The Bertz CT molecular complexity index is 1790. The van der Waals surface area contributed by atoms with E-state index in [4.69, 9.17) is 0 Å². The summed E-state index contributed by atoms with van der Waals surface area (Å²) in [6, 6.07) is 29.2. The Balaban J connectivity index is 1.49. The van der Waals surface area contributed by atoms with Crippen LogP contribution >= 0.6 is 0 Å². The number of nitrogens with one attached hydrogen (secondary N) is 1. The van der Waals surface area contributed by atoms with Crippen molar-refractivity contribution in [2.24, 2.45) is 11.8 Å². The van der Waals surface area contributed by atoms with Crippen LogP contribution in [0.2, 0.25) is 0 Å². The van der Waals surface area contributed by atoms with E-state index in [1.807, 2.05) is 97.9 Å². The average molecular weight is 567 g/mol. The molecule has 0 aliphatic carbocycles. The van der Waals surface area contributed by atoms with Gasteiger partial charge >= 0.3 is 0 Å². The van der Waals surface area contributed by atoms with Gasteiger partial charge in [0.15, 0.2) is 11.6 Å². The average Bonchev–Trinajstić information content (AvgIpc) is 3.49. The van der Waals surface area contributed by atoms with Crippen LogP contribution in [-0.4, -0.2) is 29.6 Å². The van der Waals surface area contributed by atoms with Crippen LogP contribution in [0.1, 0.15) is 56.8 Å². The summed E-state index contributed by atoms with van der Waals surface area (Å²) >= 11 is 0. The van der Waals surface area contributed by atoms with Gasteiger partial charge in [-0.15, -0.1) is 0 Å². The largest absolute Gasteiger partial charge is 0.352 e. The predicted octanol–water partition coefficient (Wildman–Crippen LogP) is 7.05. The van der Waals surface area contributed by atoms with E-state index in [0.717, 1.165) is 34.4 Å². The van der Waals surface area contributed by atoms with Crippen LogP contribution in [0.15, 0.2) is 103 Å². The molecule has 5 nitrogen and oxygen atoms in total. The number of ketones is 2. The highest BCUT2D eigenvalue weighted by Gasteiger charge is 2.70. The van der Waals surface area contributed by atoms with Crippen molar-refractivity contribution in [1.29, 1.82) is 0 Å². The van der Waals surface area contributed by atoms with Gasteiger partial charge in [-0.05, 0) is 54.2 Å². The number of carbonyl (C=O) groups excluding carboxylic acids is 3. The highest BCUT2D eigenvalue weighted by Crippen LogP contribution is 2.58. The lowest BCUT2D eigenvalue weighted by atomic mass is 9.64. The number of aryl methyl sites for hydroxylation is 1. The molecule has 4 atom stereocenters. The zero-order valence-electron chi connectivity index (χ0n) is 24.6. The Labute approximate surface area is 252 Å². The van der Waals surface area contributed by atoms with Gasteiger partial charge in [0, 0.05) is 22.5 Å². The minimum Gasteiger partial charge on any atom is -0.352 e. The van der Waals surface area contributed by atoms with Crippen LogP contribution < -0.4 is 10.2 Å². The van der Waals surface area contributed by atoms with E-state index < -0.39 is 23.4 Å². The van der Waals surface area contributed by atoms with E-state index in [1.54, 1.807) is 12.1 Å². The molecule has 0 radical (unpaired) electrons. The molecule has 5 heteroatoms. The Kier molecular flexibility index (Phi) is 6.42. The minimum absolute atomic E-state index is 0.170. The Morgan fingerprint density at radius 3 is 2.30 bits per heavy atom. The number of Topliss-reactive ketones (excluding diaryl/α,β-unsaturated/α-hetero) is 2. The molecule has 7 rings (SSSR count). The summed E-state index contributed by atoms with van der Waals surface area (Å²) < 4.78 is 0. The molecule has 3 aliphatic rings. The van der Waals surface area contributed by atoms with Crippen molar-refractivity contribution in [2.45, 2.75) is 44.7 Å². The highest BCUT2D eigenvalue weighted by molar-refractivity contribution is 6.18. The molecule has 1 amide bonds. The Hall–Kier alpha value is -4.77. The molecule has 1 N–H and O–H groups in total. The summed E-state index contributed by atoms with van der Waals surface area (Å²) in [5, 5.41) is 3.10. The summed E-state index contributed by atoms with van der Waals surface area (Å²) in [6.45, 7) is 6.37. The van der Waals surface area contributed by atoms with Crippen LogP contribution in [0.25, 0.3) is 6.08 Å². The van der Waals surface area contributed by atoms with Crippen molar-refractivity contribution in [3.63, 3.8) is 0 Å². The molecule has 43 heavy (non-hydrogen) atoms. The van der Waals surface area contributed by atoms with Crippen LogP contribution in [0.3, 0.4) is 0 Å². The van der Waals surface area contributed by atoms with E-state index in [1.165, 1.54) is 0 Å². The van der Waals surface area contributed by atoms with E-state index in [2.05, 4.69) is 30.1 Å². The lowest BCUT2D eigenvalue weighted by Gasteiger charge is -2.37. The van der Waals surface area contributed by atoms with Crippen molar-refractivity contribution in [1.82, 2.24) is 0 Å². The van der Waals surface area contributed by atoms with Gasteiger partial charge in [-0.1, -0.05) is 110 Å². The number of fused-ring (bicyclic) bond motifs is 6. The van der Waals surface area contributed by atoms with Crippen LogP contribution in [0, 0.1) is 18.8 Å². The van der Waals surface area contributed by atoms with Crippen molar-refractivity contribution in [2.75, 3.05) is 10.2 Å². The van der Waals surface area contributed by atoms with Crippen LogP contribution in [-0.2, 0) is 16.6 Å².